The summed E-state index contributed by atoms with van der Waals surface area (Å²) >= 11 is 1.80. The van der Waals surface area contributed by atoms with E-state index in [9.17, 15) is 15.0 Å². The van der Waals surface area contributed by atoms with Gasteiger partial charge in [0.2, 0.25) is 5.91 Å². The monoisotopic (exact) mass is 378 g/mol. The van der Waals surface area contributed by atoms with E-state index >= 15 is 0 Å². The molecule has 3 rings (SSSR count). The molecule has 144 valence electrons. The zero-order valence-corrected chi connectivity index (χ0v) is 16.1. The minimum absolute atomic E-state index is 0.0378. The van der Waals surface area contributed by atoms with Gasteiger partial charge in [-0.3, -0.25) is 9.69 Å². The van der Waals surface area contributed by atoms with Crippen LogP contribution in [-0.4, -0.2) is 66.2 Å². The first kappa shape index (κ1) is 19.7. The van der Waals surface area contributed by atoms with Crippen molar-refractivity contribution in [2.45, 2.75) is 30.6 Å². The second-order valence-electron chi connectivity index (χ2n) is 7.74. The van der Waals surface area contributed by atoms with Gasteiger partial charge < -0.3 is 15.5 Å². The Kier molecular flexibility index (Phi) is 6.61. The summed E-state index contributed by atoms with van der Waals surface area (Å²) in [6, 6.07) is 10.3. The van der Waals surface area contributed by atoms with Crippen LogP contribution in [0.2, 0.25) is 0 Å². The van der Waals surface area contributed by atoms with Gasteiger partial charge in [-0.05, 0) is 37.1 Å². The first-order chi connectivity index (χ1) is 12.6. The van der Waals surface area contributed by atoms with E-state index in [-0.39, 0.29) is 30.0 Å². The summed E-state index contributed by atoms with van der Waals surface area (Å²) in [5.41, 5.74) is -0.456. The number of aliphatic hydroxyl groups is 2. The van der Waals surface area contributed by atoms with E-state index in [1.165, 1.54) is 4.90 Å². The lowest BCUT2D eigenvalue weighted by Gasteiger charge is -2.36. The average Bonchev–Trinajstić information content (AvgIpc) is 3.14. The molecule has 0 unspecified atom stereocenters. The smallest absolute Gasteiger partial charge is 0.234 e. The fourth-order valence-electron chi connectivity index (χ4n) is 4.67. The maximum Gasteiger partial charge on any atom is 0.234 e. The van der Waals surface area contributed by atoms with Gasteiger partial charge in [0.1, 0.15) is 0 Å². The standard InChI is InChI=1S/C20H30N2O3S/c23-15-19-8-4-9-20(19,16-24)14-22(13-19)12-18(25)21-10-5-11-26-17-6-2-1-3-7-17/h1-3,6-7,23-24H,4-5,8-16H2,(H,21,25)/t19-,20+. The Hall–Kier alpha value is -1.08. The number of amides is 1. The molecule has 1 saturated carbocycles. The third-order valence-electron chi connectivity index (χ3n) is 6.12. The number of fused-ring (bicyclic) bond motifs is 1. The first-order valence-corrected chi connectivity index (χ1v) is 10.5. The molecular formula is C20H30N2O3S. The highest BCUT2D eigenvalue weighted by Gasteiger charge is 2.59. The van der Waals surface area contributed by atoms with Crippen molar-refractivity contribution in [1.29, 1.82) is 0 Å². The normalized spacial score (nSPS) is 28.2. The van der Waals surface area contributed by atoms with Crippen molar-refractivity contribution in [2.75, 3.05) is 45.1 Å². The molecule has 3 N–H and O–H groups in total. The number of rotatable bonds is 9. The van der Waals surface area contributed by atoms with Crippen molar-refractivity contribution < 1.29 is 15.0 Å². The van der Waals surface area contributed by atoms with E-state index in [4.69, 9.17) is 0 Å². The maximum absolute atomic E-state index is 12.3. The highest BCUT2D eigenvalue weighted by atomic mass is 32.2. The zero-order valence-electron chi connectivity index (χ0n) is 15.3. The zero-order chi connectivity index (χ0) is 18.5. The van der Waals surface area contributed by atoms with Gasteiger partial charge in [0.05, 0.1) is 19.8 Å². The van der Waals surface area contributed by atoms with Gasteiger partial charge in [0, 0.05) is 35.4 Å². The summed E-state index contributed by atoms with van der Waals surface area (Å²) in [4.78, 5) is 15.6. The lowest BCUT2D eigenvalue weighted by molar-refractivity contribution is -0.122. The molecule has 1 aliphatic heterocycles. The van der Waals surface area contributed by atoms with Crippen LogP contribution in [0.1, 0.15) is 25.7 Å². The first-order valence-electron chi connectivity index (χ1n) is 9.52. The van der Waals surface area contributed by atoms with Crippen molar-refractivity contribution >= 4 is 17.7 Å². The number of hydrogen-bond acceptors (Lipinski definition) is 5. The molecule has 1 aliphatic carbocycles. The minimum Gasteiger partial charge on any atom is -0.396 e. The summed E-state index contributed by atoms with van der Waals surface area (Å²) in [5, 5.41) is 22.9. The second-order valence-corrected chi connectivity index (χ2v) is 8.91. The van der Waals surface area contributed by atoms with E-state index in [0.29, 0.717) is 26.2 Å². The van der Waals surface area contributed by atoms with Crippen LogP contribution in [0.5, 0.6) is 0 Å². The number of carbonyl (C=O) groups excluding carboxylic acids is 1. The molecule has 0 bridgehead atoms. The number of carbonyl (C=O) groups is 1. The van der Waals surface area contributed by atoms with E-state index in [0.717, 1.165) is 31.4 Å². The lowest BCUT2D eigenvalue weighted by Crippen LogP contribution is -2.41. The average molecular weight is 379 g/mol. The Balaban J connectivity index is 1.38. The Morgan fingerprint density at radius 1 is 1.12 bits per heavy atom. The van der Waals surface area contributed by atoms with Gasteiger partial charge in [-0.15, -0.1) is 11.8 Å². The fraction of sp³-hybridized carbons (Fsp3) is 0.650. The summed E-state index contributed by atoms with van der Waals surface area (Å²) in [6.45, 7) is 2.66. The number of nitrogens with one attached hydrogen (secondary N) is 1. The molecule has 1 heterocycles. The number of hydrogen-bond donors (Lipinski definition) is 3. The number of aliphatic hydroxyl groups excluding tert-OH is 2. The molecule has 0 spiro atoms. The Morgan fingerprint density at radius 2 is 1.77 bits per heavy atom. The molecular weight excluding hydrogens is 348 g/mol. The van der Waals surface area contributed by atoms with Crippen molar-refractivity contribution in [3.63, 3.8) is 0 Å². The predicted molar refractivity (Wildman–Crippen MR) is 104 cm³/mol. The maximum atomic E-state index is 12.3. The third-order valence-corrected chi connectivity index (χ3v) is 7.21. The summed E-state index contributed by atoms with van der Waals surface area (Å²) < 4.78 is 0. The van der Waals surface area contributed by atoms with Crippen LogP contribution >= 0.6 is 11.8 Å². The molecule has 1 saturated heterocycles. The predicted octanol–water partition coefficient (Wildman–Crippen LogP) is 1.74. The fourth-order valence-corrected chi connectivity index (χ4v) is 5.55. The summed E-state index contributed by atoms with van der Waals surface area (Å²) in [6.07, 6.45) is 3.88. The number of nitrogens with zero attached hydrogens (tertiary/aromatic N) is 1. The van der Waals surface area contributed by atoms with Gasteiger partial charge in [0.15, 0.2) is 0 Å². The number of likely N-dealkylation sites (tertiary alicyclic amines) is 1. The van der Waals surface area contributed by atoms with Crippen LogP contribution in [0.25, 0.3) is 0 Å². The molecule has 2 fully saturated rings. The summed E-state index contributed by atoms with van der Waals surface area (Å²) in [7, 11) is 0. The van der Waals surface area contributed by atoms with Crippen LogP contribution in [0, 0.1) is 10.8 Å². The van der Waals surface area contributed by atoms with Gasteiger partial charge in [-0.1, -0.05) is 24.6 Å². The molecule has 1 aromatic rings. The highest BCUT2D eigenvalue weighted by Crippen LogP contribution is 2.57. The Labute approximate surface area is 160 Å². The molecule has 0 aromatic heterocycles. The van der Waals surface area contributed by atoms with Gasteiger partial charge in [-0.25, -0.2) is 0 Å². The molecule has 0 radical (unpaired) electrons. The van der Waals surface area contributed by atoms with E-state index in [2.05, 4.69) is 22.3 Å². The lowest BCUT2D eigenvalue weighted by atomic mass is 9.69. The van der Waals surface area contributed by atoms with Crippen LogP contribution in [0.3, 0.4) is 0 Å². The van der Waals surface area contributed by atoms with Crippen molar-refractivity contribution in [3.8, 4) is 0 Å². The van der Waals surface area contributed by atoms with Crippen LogP contribution < -0.4 is 5.32 Å². The number of thioether (sulfide) groups is 1. The Bertz CT molecular complexity index is 580. The Morgan fingerprint density at radius 3 is 2.38 bits per heavy atom. The molecule has 6 heteroatoms. The molecule has 2 aliphatic rings. The summed E-state index contributed by atoms with van der Waals surface area (Å²) in [5.74, 6) is 1.02. The molecule has 2 atom stereocenters. The molecule has 5 nitrogen and oxygen atoms in total. The van der Waals surface area contributed by atoms with Crippen molar-refractivity contribution in [2.24, 2.45) is 10.8 Å². The van der Waals surface area contributed by atoms with Crippen LogP contribution in [0.15, 0.2) is 35.2 Å². The molecule has 26 heavy (non-hydrogen) atoms. The van der Waals surface area contributed by atoms with Crippen LogP contribution in [0.4, 0.5) is 0 Å². The van der Waals surface area contributed by atoms with Crippen LogP contribution in [-0.2, 0) is 4.79 Å². The van der Waals surface area contributed by atoms with E-state index in [1.807, 2.05) is 18.2 Å². The minimum atomic E-state index is -0.228. The largest absolute Gasteiger partial charge is 0.396 e. The number of benzene rings is 1. The van der Waals surface area contributed by atoms with E-state index in [1.54, 1.807) is 11.8 Å². The quantitative estimate of drug-likeness (QED) is 0.451. The highest BCUT2D eigenvalue weighted by molar-refractivity contribution is 7.99. The van der Waals surface area contributed by atoms with E-state index < -0.39 is 0 Å². The molecule has 1 amide bonds. The van der Waals surface area contributed by atoms with Gasteiger partial charge in [0.25, 0.3) is 0 Å². The van der Waals surface area contributed by atoms with Gasteiger partial charge >= 0.3 is 0 Å². The third kappa shape index (κ3) is 4.09. The molecule has 1 aromatic carbocycles. The SMILES string of the molecule is O=C(CN1C[C@]2(CO)CCC[C@]2(CO)C1)NCCCSc1ccccc1. The second kappa shape index (κ2) is 8.74. The topological polar surface area (TPSA) is 72.8 Å². The van der Waals surface area contributed by atoms with Crippen molar-refractivity contribution in [3.05, 3.63) is 30.3 Å². The van der Waals surface area contributed by atoms with Gasteiger partial charge in [-0.2, -0.15) is 0 Å². The van der Waals surface area contributed by atoms with Crippen molar-refractivity contribution in [1.82, 2.24) is 10.2 Å².